The van der Waals surface area contributed by atoms with Crippen LogP contribution in [0.4, 0.5) is 0 Å². The van der Waals surface area contributed by atoms with E-state index in [0.29, 0.717) is 5.02 Å². The third-order valence-corrected chi connectivity index (χ3v) is 3.99. The van der Waals surface area contributed by atoms with Gasteiger partial charge in [0, 0.05) is 5.02 Å². The second-order valence-corrected chi connectivity index (χ2v) is 5.99. The zero-order valence-corrected chi connectivity index (χ0v) is 14.7. The van der Waals surface area contributed by atoms with Crippen LogP contribution in [0, 0.1) is 6.92 Å². The Balaban J connectivity index is 1.86. The number of rotatable bonds is 5. The molecule has 1 aromatic heterocycles. The van der Waals surface area contributed by atoms with Crippen molar-refractivity contribution >= 4 is 29.4 Å². The maximum absolute atomic E-state index is 12.6. The first-order chi connectivity index (χ1) is 12.5. The molecule has 5 heteroatoms. The van der Waals surface area contributed by atoms with E-state index in [9.17, 15) is 9.59 Å². The molecule has 2 aromatic carbocycles. The molecule has 0 unspecified atom stereocenters. The van der Waals surface area contributed by atoms with Gasteiger partial charge in [-0.25, -0.2) is 4.79 Å². The van der Waals surface area contributed by atoms with Gasteiger partial charge in [-0.1, -0.05) is 41.4 Å². The Kier molecular flexibility index (Phi) is 5.34. The molecule has 0 spiro atoms. The fraction of sp³-hybridized carbons (Fsp3) is 0.0476. The summed E-state index contributed by atoms with van der Waals surface area (Å²) in [6, 6.07) is 15.3. The summed E-state index contributed by atoms with van der Waals surface area (Å²) in [5.74, 6) is -0.722. The van der Waals surface area contributed by atoms with Crippen LogP contribution in [0.5, 0.6) is 5.75 Å². The van der Waals surface area contributed by atoms with Gasteiger partial charge in [-0.05, 0) is 55.0 Å². The first kappa shape index (κ1) is 17.7. The van der Waals surface area contributed by atoms with Crippen molar-refractivity contribution in [2.45, 2.75) is 6.92 Å². The third-order valence-electron chi connectivity index (χ3n) is 3.65. The Morgan fingerprint density at radius 1 is 1.08 bits per heavy atom. The predicted molar refractivity (Wildman–Crippen MR) is 99.7 cm³/mol. The van der Waals surface area contributed by atoms with Crippen LogP contribution in [0.3, 0.4) is 0 Å². The number of carbonyl (C=O) groups excluding carboxylic acids is 2. The van der Waals surface area contributed by atoms with Crippen molar-refractivity contribution in [2.75, 3.05) is 0 Å². The smallest absolute Gasteiger partial charge is 0.379 e. The average molecular weight is 367 g/mol. The molecule has 1 heterocycles. The van der Waals surface area contributed by atoms with Crippen molar-refractivity contribution in [3.63, 3.8) is 0 Å². The minimum absolute atomic E-state index is 0.0654. The summed E-state index contributed by atoms with van der Waals surface area (Å²) < 4.78 is 10.4. The van der Waals surface area contributed by atoms with Crippen molar-refractivity contribution in [1.29, 1.82) is 0 Å². The van der Waals surface area contributed by atoms with Crippen molar-refractivity contribution in [3.8, 4) is 5.75 Å². The zero-order chi connectivity index (χ0) is 18.5. The molecule has 0 atom stereocenters. The van der Waals surface area contributed by atoms with Gasteiger partial charge in [0.2, 0.25) is 5.76 Å². The van der Waals surface area contributed by atoms with Gasteiger partial charge in [0.25, 0.3) is 0 Å². The molecule has 0 amide bonds. The number of halogens is 1. The number of furan rings is 1. The summed E-state index contributed by atoms with van der Waals surface area (Å²) in [5.41, 5.74) is 1.88. The molecular formula is C21H15ClO4. The molecule has 0 fully saturated rings. The van der Waals surface area contributed by atoms with Gasteiger partial charge in [0.15, 0.2) is 5.78 Å². The summed E-state index contributed by atoms with van der Waals surface area (Å²) in [4.78, 5) is 24.7. The Bertz CT molecular complexity index is 971. The molecule has 0 saturated heterocycles. The van der Waals surface area contributed by atoms with E-state index in [1.165, 1.54) is 18.4 Å². The van der Waals surface area contributed by atoms with Crippen LogP contribution in [-0.2, 0) is 0 Å². The highest BCUT2D eigenvalue weighted by Gasteiger charge is 2.17. The van der Waals surface area contributed by atoms with E-state index < -0.39 is 5.97 Å². The lowest BCUT2D eigenvalue weighted by atomic mass is 10.1. The third kappa shape index (κ3) is 4.10. The van der Waals surface area contributed by atoms with Crippen LogP contribution in [-0.4, -0.2) is 11.8 Å². The van der Waals surface area contributed by atoms with Crippen molar-refractivity contribution < 1.29 is 18.7 Å². The molecule has 3 rings (SSSR count). The second kappa shape index (κ2) is 7.85. The van der Waals surface area contributed by atoms with E-state index in [1.54, 1.807) is 42.5 Å². The number of hydrogen-bond acceptors (Lipinski definition) is 4. The minimum Gasteiger partial charge on any atom is -0.457 e. The lowest BCUT2D eigenvalue weighted by Gasteiger charge is -2.08. The van der Waals surface area contributed by atoms with E-state index in [2.05, 4.69) is 0 Å². The highest BCUT2D eigenvalue weighted by molar-refractivity contribution is 6.32. The largest absolute Gasteiger partial charge is 0.457 e. The number of aryl methyl sites for hydroxylation is 1. The molecule has 130 valence electrons. The zero-order valence-electron chi connectivity index (χ0n) is 13.9. The standard InChI is InChI=1S/C21H15ClO4/c1-14-8-11-19(26-21(24)20-7-4-12-25-20)16(13-14)18(23)10-9-15-5-2-3-6-17(15)22/h2-13H,1H3/b10-9+. The molecule has 3 aromatic rings. The van der Waals surface area contributed by atoms with Gasteiger partial charge < -0.3 is 9.15 Å². The molecule has 0 aliphatic carbocycles. The van der Waals surface area contributed by atoms with Gasteiger partial charge in [-0.3, -0.25) is 4.79 Å². The van der Waals surface area contributed by atoms with Crippen LogP contribution in [0.2, 0.25) is 5.02 Å². The second-order valence-electron chi connectivity index (χ2n) is 5.59. The van der Waals surface area contributed by atoms with E-state index >= 15 is 0 Å². The minimum atomic E-state index is -0.664. The Labute approximate surface area is 155 Å². The van der Waals surface area contributed by atoms with Crippen LogP contribution in [0.15, 0.2) is 71.4 Å². The molecule has 26 heavy (non-hydrogen) atoms. The molecule has 0 radical (unpaired) electrons. The highest BCUT2D eigenvalue weighted by atomic mass is 35.5. The topological polar surface area (TPSA) is 56.5 Å². The summed E-state index contributed by atoms with van der Waals surface area (Å²) in [6.07, 6.45) is 4.41. The summed E-state index contributed by atoms with van der Waals surface area (Å²) in [6.45, 7) is 1.85. The lowest BCUT2D eigenvalue weighted by Crippen LogP contribution is -2.10. The van der Waals surface area contributed by atoms with Gasteiger partial charge in [0.05, 0.1) is 11.8 Å². The molecule has 0 aliphatic heterocycles. The molecule has 0 N–H and O–H groups in total. The predicted octanol–water partition coefficient (Wildman–Crippen LogP) is 5.36. The molecule has 4 nitrogen and oxygen atoms in total. The van der Waals surface area contributed by atoms with Crippen molar-refractivity contribution in [1.82, 2.24) is 0 Å². The number of carbonyl (C=O) groups is 2. The van der Waals surface area contributed by atoms with Crippen LogP contribution < -0.4 is 4.74 Å². The van der Waals surface area contributed by atoms with E-state index in [0.717, 1.165) is 11.1 Å². The quantitative estimate of drug-likeness (QED) is 0.264. The van der Waals surface area contributed by atoms with Gasteiger partial charge >= 0.3 is 5.97 Å². The van der Waals surface area contributed by atoms with Crippen molar-refractivity contribution in [3.05, 3.63) is 94.4 Å². The Hall–Kier alpha value is -3.11. The molecule has 0 aliphatic rings. The van der Waals surface area contributed by atoms with Crippen LogP contribution >= 0.6 is 11.6 Å². The fourth-order valence-electron chi connectivity index (χ4n) is 2.34. The number of allylic oxidation sites excluding steroid dienone is 1. The average Bonchev–Trinajstić information content (AvgIpc) is 3.17. The number of esters is 1. The normalized spacial score (nSPS) is 10.8. The lowest BCUT2D eigenvalue weighted by molar-refractivity contribution is 0.0699. The number of ether oxygens (including phenoxy) is 1. The monoisotopic (exact) mass is 366 g/mol. The number of benzene rings is 2. The number of hydrogen-bond donors (Lipinski definition) is 0. The number of ketones is 1. The van der Waals surface area contributed by atoms with E-state index in [4.69, 9.17) is 20.8 Å². The fourth-order valence-corrected chi connectivity index (χ4v) is 2.53. The van der Waals surface area contributed by atoms with Gasteiger partial charge in [-0.2, -0.15) is 0 Å². The molecule has 0 saturated carbocycles. The Morgan fingerprint density at radius 3 is 2.62 bits per heavy atom. The molecule has 0 bridgehead atoms. The van der Waals surface area contributed by atoms with Gasteiger partial charge in [0.1, 0.15) is 5.75 Å². The van der Waals surface area contributed by atoms with Crippen molar-refractivity contribution in [2.24, 2.45) is 0 Å². The Morgan fingerprint density at radius 2 is 1.88 bits per heavy atom. The molecular weight excluding hydrogens is 352 g/mol. The van der Waals surface area contributed by atoms with E-state index in [1.807, 2.05) is 19.1 Å². The summed E-state index contributed by atoms with van der Waals surface area (Å²) >= 11 is 6.09. The maximum atomic E-state index is 12.6. The van der Waals surface area contributed by atoms with Gasteiger partial charge in [-0.15, -0.1) is 0 Å². The first-order valence-corrected chi connectivity index (χ1v) is 8.25. The van der Waals surface area contributed by atoms with Crippen LogP contribution in [0.25, 0.3) is 6.08 Å². The summed E-state index contributed by atoms with van der Waals surface area (Å²) in [7, 11) is 0. The summed E-state index contributed by atoms with van der Waals surface area (Å²) in [5, 5.41) is 0.547. The highest BCUT2D eigenvalue weighted by Crippen LogP contribution is 2.23. The maximum Gasteiger partial charge on any atom is 0.379 e. The SMILES string of the molecule is Cc1ccc(OC(=O)c2ccco2)c(C(=O)/C=C/c2ccccc2Cl)c1. The van der Waals surface area contributed by atoms with Crippen LogP contribution in [0.1, 0.15) is 32.0 Å². The van der Waals surface area contributed by atoms with E-state index in [-0.39, 0.29) is 22.9 Å². The first-order valence-electron chi connectivity index (χ1n) is 7.88.